The van der Waals surface area contributed by atoms with Crippen LogP contribution in [0.15, 0.2) is 24.3 Å². The van der Waals surface area contributed by atoms with Crippen LogP contribution in [0.3, 0.4) is 0 Å². The normalized spacial score (nSPS) is 13.0. The Labute approximate surface area is 131 Å². The van der Waals surface area contributed by atoms with Gasteiger partial charge < -0.3 is 5.32 Å². The smallest absolute Gasteiger partial charge is 0.356 e. The summed E-state index contributed by atoms with van der Waals surface area (Å²) >= 11 is 3.37. The number of halogens is 4. The summed E-state index contributed by atoms with van der Waals surface area (Å²) in [6, 6.07) is 4.70. The van der Waals surface area contributed by atoms with E-state index >= 15 is 0 Å². The molecule has 2 nitrogen and oxygen atoms in total. The van der Waals surface area contributed by atoms with Crippen LogP contribution in [0.2, 0.25) is 0 Å². The van der Waals surface area contributed by atoms with E-state index < -0.39 is 11.7 Å². The second kappa shape index (κ2) is 8.41. The number of benzene rings is 1. The van der Waals surface area contributed by atoms with Gasteiger partial charge in [0.1, 0.15) is 0 Å². The molecule has 0 aromatic heterocycles. The number of rotatable bonds is 7. The highest BCUT2D eigenvalue weighted by molar-refractivity contribution is 9.09. The number of hydrogen-bond donors (Lipinski definition) is 1. The molecule has 1 aromatic rings. The van der Waals surface area contributed by atoms with Crippen LogP contribution >= 0.6 is 15.9 Å². The molecule has 0 saturated heterocycles. The third kappa shape index (κ3) is 6.50. The van der Waals surface area contributed by atoms with E-state index in [4.69, 9.17) is 0 Å². The molecule has 0 radical (unpaired) electrons. The molecule has 0 aliphatic rings. The van der Waals surface area contributed by atoms with Gasteiger partial charge in [-0.25, -0.2) is 0 Å². The quantitative estimate of drug-likeness (QED) is 0.721. The van der Waals surface area contributed by atoms with Gasteiger partial charge in [0, 0.05) is 11.9 Å². The van der Waals surface area contributed by atoms with E-state index in [1.165, 1.54) is 12.1 Å². The van der Waals surface area contributed by atoms with Crippen molar-refractivity contribution in [3.8, 4) is 0 Å². The molecule has 0 heterocycles. The third-order valence-corrected chi connectivity index (χ3v) is 3.79. The van der Waals surface area contributed by atoms with E-state index in [0.29, 0.717) is 18.0 Å². The summed E-state index contributed by atoms with van der Waals surface area (Å²) < 4.78 is 37.3. The zero-order valence-corrected chi connectivity index (χ0v) is 13.4. The molecular weight excluding hydrogens is 347 g/mol. The number of carbonyl (C=O) groups excluding carboxylic acids is 1. The number of nitrogens with one attached hydrogen (secondary N) is 1. The molecule has 0 spiro atoms. The van der Waals surface area contributed by atoms with Gasteiger partial charge in [-0.15, -0.1) is 0 Å². The van der Waals surface area contributed by atoms with Gasteiger partial charge >= 0.3 is 6.18 Å². The molecule has 1 unspecified atom stereocenters. The Bertz CT molecular complexity index is 445. The summed E-state index contributed by atoms with van der Waals surface area (Å²) in [5.74, 6) is 0.253. The lowest BCUT2D eigenvalue weighted by Gasteiger charge is -2.14. The van der Waals surface area contributed by atoms with Gasteiger partial charge in [-0.1, -0.05) is 41.4 Å². The van der Waals surface area contributed by atoms with Crippen molar-refractivity contribution in [2.45, 2.75) is 32.4 Å². The first kappa shape index (κ1) is 18.0. The Morgan fingerprint density at radius 2 is 1.90 bits per heavy atom. The molecule has 118 valence electrons. The first-order valence-electron chi connectivity index (χ1n) is 6.85. The lowest BCUT2D eigenvalue weighted by molar-refractivity contribution is -0.137. The Morgan fingerprint density at radius 3 is 2.38 bits per heavy atom. The average Bonchev–Trinajstić information content (AvgIpc) is 2.43. The second-order valence-electron chi connectivity index (χ2n) is 4.93. The molecule has 21 heavy (non-hydrogen) atoms. The highest BCUT2D eigenvalue weighted by Crippen LogP contribution is 2.29. The van der Waals surface area contributed by atoms with Gasteiger partial charge in [0.25, 0.3) is 0 Å². The molecule has 0 aliphatic heterocycles. The van der Waals surface area contributed by atoms with Crippen molar-refractivity contribution in [1.29, 1.82) is 0 Å². The maximum atomic E-state index is 12.4. The SMILES string of the molecule is CCC(CCBr)CNC(=O)Cc1ccc(C(F)(F)F)cc1. The number of amides is 1. The summed E-state index contributed by atoms with van der Waals surface area (Å²) in [6.07, 6.45) is -2.28. The fourth-order valence-electron chi connectivity index (χ4n) is 1.92. The average molecular weight is 366 g/mol. The maximum absolute atomic E-state index is 12.4. The van der Waals surface area contributed by atoms with E-state index in [9.17, 15) is 18.0 Å². The van der Waals surface area contributed by atoms with Crippen LogP contribution in [0.1, 0.15) is 30.9 Å². The van der Waals surface area contributed by atoms with Crippen molar-refractivity contribution < 1.29 is 18.0 Å². The summed E-state index contributed by atoms with van der Waals surface area (Å²) in [7, 11) is 0. The minimum atomic E-state index is -4.34. The fraction of sp³-hybridized carbons (Fsp3) is 0.533. The molecule has 0 aliphatic carbocycles. The molecule has 0 saturated carbocycles. The molecule has 1 atom stereocenters. The third-order valence-electron chi connectivity index (χ3n) is 3.33. The van der Waals surface area contributed by atoms with Crippen LogP contribution in [0.25, 0.3) is 0 Å². The van der Waals surface area contributed by atoms with Crippen molar-refractivity contribution in [3.63, 3.8) is 0 Å². The van der Waals surface area contributed by atoms with E-state index in [1.54, 1.807) is 0 Å². The summed E-state index contributed by atoms with van der Waals surface area (Å²) in [4.78, 5) is 11.8. The van der Waals surface area contributed by atoms with Gasteiger partial charge in [-0.05, 0) is 30.0 Å². The largest absolute Gasteiger partial charge is 0.416 e. The van der Waals surface area contributed by atoms with Crippen molar-refractivity contribution >= 4 is 21.8 Å². The predicted molar refractivity (Wildman–Crippen MR) is 80.3 cm³/mol. The second-order valence-corrected chi connectivity index (χ2v) is 5.72. The predicted octanol–water partition coefficient (Wildman–Crippen LogP) is 4.18. The maximum Gasteiger partial charge on any atom is 0.416 e. The Balaban J connectivity index is 2.48. The molecule has 0 bridgehead atoms. The topological polar surface area (TPSA) is 29.1 Å². The lowest BCUT2D eigenvalue weighted by Crippen LogP contribution is -2.30. The minimum absolute atomic E-state index is 0.100. The van der Waals surface area contributed by atoms with E-state index in [-0.39, 0.29) is 12.3 Å². The minimum Gasteiger partial charge on any atom is -0.356 e. The highest BCUT2D eigenvalue weighted by Gasteiger charge is 2.29. The molecule has 6 heteroatoms. The van der Waals surface area contributed by atoms with Crippen LogP contribution in [-0.4, -0.2) is 17.8 Å². The van der Waals surface area contributed by atoms with Crippen molar-refractivity contribution in [1.82, 2.24) is 5.32 Å². The van der Waals surface area contributed by atoms with Gasteiger partial charge in [-0.2, -0.15) is 13.2 Å². The van der Waals surface area contributed by atoms with Crippen LogP contribution < -0.4 is 5.32 Å². The summed E-state index contributed by atoms with van der Waals surface area (Å²) in [5, 5.41) is 3.72. The standard InChI is InChI=1S/C15H19BrF3NO/c1-2-11(7-8-16)10-20-14(21)9-12-3-5-13(6-4-12)15(17,18)19/h3-6,11H,2,7-10H2,1H3,(H,20,21). The monoisotopic (exact) mass is 365 g/mol. The van der Waals surface area contributed by atoms with Gasteiger partial charge in [0.15, 0.2) is 0 Å². The van der Waals surface area contributed by atoms with Crippen LogP contribution in [0.4, 0.5) is 13.2 Å². The van der Waals surface area contributed by atoms with E-state index in [0.717, 1.165) is 30.3 Å². The van der Waals surface area contributed by atoms with E-state index in [1.807, 2.05) is 0 Å². The first-order chi connectivity index (χ1) is 9.86. The number of hydrogen-bond acceptors (Lipinski definition) is 1. The highest BCUT2D eigenvalue weighted by atomic mass is 79.9. The van der Waals surface area contributed by atoms with Gasteiger partial charge in [0.2, 0.25) is 5.91 Å². The van der Waals surface area contributed by atoms with Crippen molar-refractivity contribution in [3.05, 3.63) is 35.4 Å². The summed E-state index contributed by atoms with van der Waals surface area (Å²) in [5.41, 5.74) is -0.121. The first-order valence-corrected chi connectivity index (χ1v) is 7.97. The van der Waals surface area contributed by atoms with E-state index in [2.05, 4.69) is 28.2 Å². The Kier molecular flexibility index (Phi) is 7.22. The Morgan fingerprint density at radius 1 is 1.29 bits per heavy atom. The van der Waals surface area contributed by atoms with Crippen LogP contribution in [-0.2, 0) is 17.4 Å². The zero-order valence-electron chi connectivity index (χ0n) is 11.8. The molecule has 1 amide bonds. The Hall–Kier alpha value is -1.04. The van der Waals surface area contributed by atoms with Gasteiger partial charge in [-0.3, -0.25) is 4.79 Å². The molecule has 1 rings (SSSR count). The number of carbonyl (C=O) groups is 1. The van der Waals surface area contributed by atoms with Crippen molar-refractivity contribution in [2.24, 2.45) is 5.92 Å². The van der Waals surface area contributed by atoms with Crippen LogP contribution in [0.5, 0.6) is 0 Å². The lowest BCUT2D eigenvalue weighted by atomic mass is 10.0. The fourth-order valence-corrected chi connectivity index (χ4v) is 2.57. The zero-order chi connectivity index (χ0) is 15.9. The van der Waals surface area contributed by atoms with Crippen molar-refractivity contribution in [2.75, 3.05) is 11.9 Å². The number of alkyl halides is 4. The molecule has 1 aromatic carbocycles. The molecule has 0 fully saturated rings. The van der Waals surface area contributed by atoms with Crippen LogP contribution in [0, 0.1) is 5.92 Å². The summed E-state index contributed by atoms with van der Waals surface area (Å²) in [6.45, 7) is 2.66. The molecular formula is C15H19BrF3NO. The molecule has 1 N–H and O–H groups in total. The van der Waals surface area contributed by atoms with Gasteiger partial charge in [0.05, 0.1) is 12.0 Å².